The zero-order valence-electron chi connectivity index (χ0n) is 15.4. The van der Waals surface area contributed by atoms with Gasteiger partial charge in [0, 0.05) is 57.0 Å². The van der Waals surface area contributed by atoms with Gasteiger partial charge in [-0.1, -0.05) is 13.8 Å². The first-order valence-electron chi connectivity index (χ1n) is 9.79. The second-order valence-corrected chi connectivity index (χ2v) is 8.72. The monoisotopic (exact) mass is 347 g/mol. The maximum atomic E-state index is 13.4. The lowest BCUT2D eigenvalue weighted by molar-refractivity contribution is -0.142. The second kappa shape index (κ2) is 5.99. The zero-order chi connectivity index (χ0) is 17.8. The molecule has 0 radical (unpaired) electrons. The van der Waals surface area contributed by atoms with Gasteiger partial charge in [0.25, 0.3) is 0 Å². The lowest BCUT2D eigenvalue weighted by Crippen LogP contribution is -2.49. The Labute approximate surface area is 149 Å². The normalized spacial score (nSPS) is 31.8. The van der Waals surface area contributed by atoms with Crippen molar-refractivity contribution in [2.45, 2.75) is 39.5 Å². The van der Waals surface area contributed by atoms with E-state index in [9.17, 15) is 14.4 Å². The molecule has 4 rings (SSSR count). The minimum absolute atomic E-state index is 0.0537. The van der Waals surface area contributed by atoms with Crippen LogP contribution in [0.2, 0.25) is 0 Å². The molecule has 0 unspecified atom stereocenters. The standard InChI is InChI=1S/C19H29N3O3/c1-13(2)16(23)21-9-15-10-22(17(24)14-5-6-14)12-19(15,11-21)18(25)20-7-3-4-8-20/h13-15H,3-12H2,1-2H3/t15-,19-/m0/s1. The van der Waals surface area contributed by atoms with Crippen LogP contribution in [0, 0.1) is 23.2 Å². The quantitative estimate of drug-likeness (QED) is 0.764. The summed E-state index contributed by atoms with van der Waals surface area (Å²) in [7, 11) is 0. The second-order valence-electron chi connectivity index (χ2n) is 8.72. The highest BCUT2D eigenvalue weighted by molar-refractivity contribution is 5.89. The van der Waals surface area contributed by atoms with E-state index < -0.39 is 5.41 Å². The Hall–Kier alpha value is -1.59. The fraction of sp³-hybridized carbons (Fsp3) is 0.842. The molecule has 4 fully saturated rings. The Balaban J connectivity index is 1.58. The molecule has 0 aromatic carbocycles. The van der Waals surface area contributed by atoms with Gasteiger partial charge in [0.05, 0.1) is 5.41 Å². The molecule has 25 heavy (non-hydrogen) atoms. The van der Waals surface area contributed by atoms with Crippen LogP contribution in [0.5, 0.6) is 0 Å². The molecular weight excluding hydrogens is 318 g/mol. The molecule has 3 amide bonds. The Bertz CT molecular complexity index is 567. The molecule has 0 aromatic heterocycles. The van der Waals surface area contributed by atoms with Crippen molar-refractivity contribution in [2.24, 2.45) is 23.2 Å². The van der Waals surface area contributed by atoms with Gasteiger partial charge in [-0.15, -0.1) is 0 Å². The average Bonchev–Trinajstić information content (AvgIpc) is 3.02. The summed E-state index contributed by atoms with van der Waals surface area (Å²) in [5.41, 5.74) is -0.570. The molecule has 3 heterocycles. The molecule has 1 saturated carbocycles. The van der Waals surface area contributed by atoms with Gasteiger partial charge in [-0.2, -0.15) is 0 Å². The number of carbonyl (C=O) groups excluding carboxylic acids is 3. The van der Waals surface area contributed by atoms with E-state index in [-0.39, 0.29) is 35.5 Å². The van der Waals surface area contributed by atoms with Gasteiger partial charge in [-0.3, -0.25) is 14.4 Å². The van der Waals surface area contributed by atoms with E-state index >= 15 is 0 Å². The number of hydrogen-bond donors (Lipinski definition) is 0. The molecule has 0 spiro atoms. The number of nitrogens with zero attached hydrogens (tertiary/aromatic N) is 3. The summed E-state index contributed by atoms with van der Waals surface area (Å²) in [6.07, 6.45) is 4.10. The maximum absolute atomic E-state index is 13.4. The first-order chi connectivity index (χ1) is 11.9. The molecule has 0 N–H and O–H groups in total. The molecule has 1 aliphatic carbocycles. The number of amides is 3. The molecule has 0 bridgehead atoms. The van der Waals surface area contributed by atoms with Gasteiger partial charge in [-0.05, 0) is 25.7 Å². The summed E-state index contributed by atoms with van der Waals surface area (Å²) in [5.74, 6) is 0.757. The lowest BCUT2D eigenvalue weighted by atomic mass is 9.79. The van der Waals surface area contributed by atoms with Crippen LogP contribution in [0.15, 0.2) is 0 Å². The van der Waals surface area contributed by atoms with E-state index in [2.05, 4.69) is 0 Å². The fourth-order valence-electron chi connectivity index (χ4n) is 4.89. The van der Waals surface area contributed by atoms with Gasteiger partial charge in [0.1, 0.15) is 0 Å². The van der Waals surface area contributed by atoms with Crippen LogP contribution in [-0.4, -0.2) is 71.7 Å². The molecule has 3 saturated heterocycles. The van der Waals surface area contributed by atoms with Crippen molar-refractivity contribution in [3.8, 4) is 0 Å². The lowest BCUT2D eigenvalue weighted by Gasteiger charge is -2.32. The highest BCUT2D eigenvalue weighted by Gasteiger charge is 2.60. The van der Waals surface area contributed by atoms with Gasteiger partial charge in [0.2, 0.25) is 17.7 Å². The summed E-state index contributed by atoms with van der Waals surface area (Å²) in [5, 5.41) is 0. The molecular formula is C19H29N3O3. The number of fused-ring (bicyclic) bond motifs is 1. The van der Waals surface area contributed by atoms with Crippen LogP contribution < -0.4 is 0 Å². The van der Waals surface area contributed by atoms with E-state index in [1.807, 2.05) is 28.5 Å². The largest absolute Gasteiger partial charge is 0.342 e. The third-order valence-electron chi connectivity index (χ3n) is 6.47. The number of carbonyl (C=O) groups is 3. The van der Waals surface area contributed by atoms with Crippen molar-refractivity contribution in [3.05, 3.63) is 0 Å². The Kier molecular flexibility index (Phi) is 4.04. The molecule has 138 valence electrons. The van der Waals surface area contributed by atoms with E-state index in [0.29, 0.717) is 26.2 Å². The van der Waals surface area contributed by atoms with Crippen molar-refractivity contribution in [1.29, 1.82) is 0 Å². The summed E-state index contributed by atoms with van der Waals surface area (Å²) in [6, 6.07) is 0. The Morgan fingerprint density at radius 2 is 1.52 bits per heavy atom. The smallest absolute Gasteiger partial charge is 0.232 e. The van der Waals surface area contributed by atoms with E-state index in [0.717, 1.165) is 38.8 Å². The highest BCUT2D eigenvalue weighted by Crippen LogP contribution is 2.46. The van der Waals surface area contributed by atoms with Crippen LogP contribution in [-0.2, 0) is 14.4 Å². The number of rotatable bonds is 3. The Morgan fingerprint density at radius 3 is 2.12 bits per heavy atom. The molecule has 6 nitrogen and oxygen atoms in total. The molecule has 4 aliphatic rings. The van der Waals surface area contributed by atoms with Crippen molar-refractivity contribution in [1.82, 2.24) is 14.7 Å². The summed E-state index contributed by atoms with van der Waals surface area (Å²) in [6.45, 7) is 7.71. The van der Waals surface area contributed by atoms with Gasteiger partial charge in [0.15, 0.2) is 0 Å². The summed E-state index contributed by atoms with van der Waals surface area (Å²) >= 11 is 0. The first-order valence-corrected chi connectivity index (χ1v) is 9.79. The first kappa shape index (κ1) is 16.9. The number of hydrogen-bond acceptors (Lipinski definition) is 3. The molecule has 6 heteroatoms. The van der Waals surface area contributed by atoms with Crippen molar-refractivity contribution in [3.63, 3.8) is 0 Å². The van der Waals surface area contributed by atoms with Crippen LogP contribution in [0.3, 0.4) is 0 Å². The van der Waals surface area contributed by atoms with Gasteiger partial charge < -0.3 is 14.7 Å². The topological polar surface area (TPSA) is 60.9 Å². The summed E-state index contributed by atoms with van der Waals surface area (Å²) < 4.78 is 0. The minimum atomic E-state index is -0.570. The van der Waals surface area contributed by atoms with Crippen LogP contribution in [0.1, 0.15) is 39.5 Å². The number of likely N-dealkylation sites (tertiary alicyclic amines) is 3. The van der Waals surface area contributed by atoms with Crippen LogP contribution >= 0.6 is 0 Å². The van der Waals surface area contributed by atoms with Crippen molar-refractivity contribution in [2.75, 3.05) is 39.3 Å². The van der Waals surface area contributed by atoms with E-state index in [1.54, 1.807) is 0 Å². The highest BCUT2D eigenvalue weighted by atomic mass is 16.2. The molecule has 2 atom stereocenters. The van der Waals surface area contributed by atoms with Crippen molar-refractivity contribution >= 4 is 17.7 Å². The van der Waals surface area contributed by atoms with E-state index in [4.69, 9.17) is 0 Å². The van der Waals surface area contributed by atoms with Crippen molar-refractivity contribution < 1.29 is 14.4 Å². The zero-order valence-corrected chi connectivity index (χ0v) is 15.4. The third kappa shape index (κ3) is 2.74. The predicted octanol–water partition coefficient (Wildman–Crippen LogP) is 0.962. The third-order valence-corrected chi connectivity index (χ3v) is 6.47. The van der Waals surface area contributed by atoms with Crippen LogP contribution in [0.4, 0.5) is 0 Å². The maximum Gasteiger partial charge on any atom is 0.232 e. The SMILES string of the molecule is CC(C)C(=O)N1C[C@H]2CN(C(=O)C3CC3)C[C@@]2(C(=O)N2CCCC2)C1. The fourth-order valence-corrected chi connectivity index (χ4v) is 4.89. The molecule has 0 aromatic rings. The van der Waals surface area contributed by atoms with Gasteiger partial charge >= 0.3 is 0 Å². The van der Waals surface area contributed by atoms with E-state index in [1.165, 1.54) is 0 Å². The summed E-state index contributed by atoms with van der Waals surface area (Å²) in [4.78, 5) is 44.3. The average molecular weight is 347 g/mol. The van der Waals surface area contributed by atoms with Crippen LogP contribution in [0.25, 0.3) is 0 Å². The molecule has 3 aliphatic heterocycles. The van der Waals surface area contributed by atoms with Gasteiger partial charge in [-0.25, -0.2) is 0 Å². The predicted molar refractivity (Wildman–Crippen MR) is 92.5 cm³/mol. The Morgan fingerprint density at radius 1 is 0.920 bits per heavy atom. The minimum Gasteiger partial charge on any atom is -0.342 e.